The van der Waals surface area contributed by atoms with E-state index in [2.05, 4.69) is 0 Å². The zero-order valence-corrected chi connectivity index (χ0v) is 8.78. The first-order chi connectivity index (χ1) is 8.25. The first-order valence-corrected chi connectivity index (χ1v) is 5.19. The Morgan fingerprint density at radius 1 is 1.12 bits per heavy atom. The second kappa shape index (κ2) is 3.71. The lowest BCUT2D eigenvalue weighted by atomic mass is 10.1. The van der Waals surface area contributed by atoms with Crippen molar-refractivity contribution in [2.45, 2.75) is 12.2 Å². The third-order valence-electron chi connectivity index (χ3n) is 2.75. The number of hydrogen-bond donors (Lipinski definition) is 0. The summed E-state index contributed by atoms with van der Waals surface area (Å²) in [5, 5.41) is 10.5. The van der Waals surface area contributed by atoms with Gasteiger partial charge in [0.25, 0.3) is 5.69 Å². The molecular weight excluding hydrogens is 222 g/mol. The van der Waals surface area contributed by atoms with Gasteiger partial charge < -0.3 is 9.15 Å². The summed E-state index contributed by atoms with van der Waals surface area (Å²) in [4.78, 5) is 10.1. The van der Waals surface area contributed by atoms with E-state index in [-0.39, 0.29) is 17.9 Å². The molecule has 2 heterocycles. The van der Waals surface area contributed by atoms with Crippen LogP contribution >= 0.6 is 0 Å². The van der Waals surface area contributed by atoms with Crippen LogP contribution in [0.4, 0.5) is 5.69 Å². The first-order valence-electron chi connectivity index (χ1n) is 5.19. The van der Waals surface area contributed by atoms with Crippen LogP contribution in [0.1, 0.15) is 23.5 Å². The minimum Gasteiger partial charge on any atom is -0.466 e. The lowest BCUT2D eigenvalue weighted by molar-refractivity contribution is -0.384. The van der Waals surface area contributed by atoms with Crippen LogP contribution in [0, 0.1) is 10.1 Å². The van der Waals surface area contributed by atoms with Gasteiger partial charge in [0.2, 0.25) is 0 Å². The third-order valence-corrected chi connectivity index (χ3v) is 2.75. The summed E-state index contributed by atoms with van der Waals surface area (Å²) in [5.74, 6) is 0.786. The van der Waals surface area contributed by atoms with Gasteiger partial charge in [0.15, 0.2) is 0 Å². The molecule has 2 atom stereocenters. The average Bonchev–Trinajstić information content (AvgIpc) is 2.95. The van der Waals surface area contributed by atoms with E-state index < -0.39 is 4.92 Å². The van der Waals surface area contributed by atoms with Gasteiger partial charge in [-0.05, 0) is 29.8 Å². The molecule has 1 aliphatic rings. The smallest absolute Gasteiger partial charge is 0.269 e. The van der Waals surface area contributed by atoms with Crippen LogP contribution in [0.3, 0.4) is 0 Å². The molecule has 0 spiro atoms. The molecule has 2 aromatic rings. The minimum atomic E-state index is -0.415. The highest BCUT2D eigenvalue weighted by atomic mass is 16.6. The second-order valence-corrected chi connectivity index (χ2v) is 3.84. The molecule has 1 aromatic heterocycles. The summed E-state index contributed by atoms with van der Waals surface area (Å²) in [7, 11) is 0. The van der Waals surface area contributed by atoms with Gasteiger partial charge in [-0.25, -0.2) is 0 Å². The van der Waals surface area contributed by atoms with Gasteiger partial charge in [0.05, 0.1) is 11.2 Å². The first kappa shape index (κ1) is 10.0. The molecule has 0 amide bonds. The lowest BCUT2D eigenvalue weighted by Gasteiger charge is -1.95. The normalized spacial score (nSPS) is 22.4. The highest BCUT2D eigenvalue weighted by Crippen LogP contribution is 2.51. The quantitative estimate of drug-likeness (QED) is 0.462. The van der Waals surface area contributed by atoms with Crippen molar-refractivity contribution in [3.8, 4) is 0 Å². The monoisotopic (exact) mass is 231 g/mol. The molecule has 1 saturated heterocycles. The van der Waals surface area contributed by atoms with Gasteiger partial charge in [-0.15, -0.1) is 0 Å². The molecule has 1 fully saturated rings. The Labute approximate surface area is 96.8 Å². The van der Waals surface area contributed by atoms with E-state index in [0.29, 0.717) is 0 Å². The molecule has 1 aromatic carbocycles. The van der Waals surface area contributed by atoms with Crippen LogP contribution in [0.15, 0.2) is 47.1 Å². The molecular formula is C12H9NO4. The second-order valence-electron chi connectivity index (χ2n) is 3.84. The Hall–Kier alpha value is -2.14. The molecule has 5 nitrogen and oxygen atoms in total. The Morgan fingerprint density at radius 3 is 2.47 bits per heavy atom. The molecule has 17 heavy (non-hydrogen) atoms. The summed E-state index contributed by atoms with van der Waals surface area (Å²) >= 11 is 0. The molecule has 0 aliphatic carbocycles. The maximum Gasteiger partial charge on any atom is 0.269 e. The average molecular weight is 231 g/mol. The van der Waals surface area contributed by atoms with Crippen molar-refractivity contribution in [2.75, 3.05) is 0 Å². The molecule has 0 bridgehead atoms. The Bertz CT molecular complexity index is 532. The predicted octanol–water partition coefficient (Wildman–Crippen LogP) is 3.00. The van der Waals surface area contributed by atoms with Gasteiger partial charge in [-0.1, -0.05) is 0 Å². The highest BCUT2D eigenvalue weighted by Gasteiger charge is 2.43. The van der Waals surface area contributed by atoms with E-state index in [1.165, 1.54) is 12.1 Å². The van der Waals surface area contributed by atoms with Crippen molar-refractivity contribution >= 4 is 5.69 Å². The standard InChI is InChI=1S/C12H9NO4/c14-13(15)9-5-3-8(4-6-9)11-12(17-11)10-2-1-7-16-10/h1-7,11-12H. The van der Waals surface area contributed by atoms with Crippen LogP contribution in [0.5, 0.6) is 0 Å². The summed E-state index contributed by atoms with van der Waals surface area (Å²) in [5.41, 5.74) is 1.01. The van der Waals surface area contributed by atoms with Gasteiger partial charge in [-0.2, -0.15) is 0 Å². The maximum absolute atomic E-state index is 10.5. The number of furan rings is 1. The number of hydrogen-bond acceptors (Lipinski definition) is 4. The highest BCUT2D eigenvalue weighted by molar-refractivity contribution is 5.36. The zero-order chi connectivity index (χ0) is 11.8. The van der Waals surface area contributed by atoms with E-state index in [4.69, 9.17) is 9.15 Å². The number of rotatable bonds is 3. The number of epoxide rings is 1. The van der Waals surface area contributed by atoms with Gasteiger partial charge >= 0.3 is 0 Å². The predicted molar refractivity (Wildman–Crippen MR) is 58.4 cm³/mol. The third kappa shape index (κ3) is 1.81. The number of nitrogens with zero attached hydrogens (tertiary/aromatic N) is 1. The van der Waals surface area contributed by atoms with Crippen LogP contribution in [0.25, 0.3) is 0 Å². The van der Waals surface area contributed by atoms with Crippen molar-refractivity contribution in [3.05, 3.63) is 64.1 Å². The number of nitro groups is 1. The molecule has 2 unspecified atom stereocenters. The van der Waals surface area contributed by atoms with Crippen LogP contribution in [0.2, 0.25) is 0 Å². The van der Waals surface area contributed by atoms with E-state index in [0.717, 1.165) is 11.3 Å². The van der Waals surface area contributed by atoms with E-state index >= 15 is 0 Å². The molecule has 0 N–H and O–H groups in total. The van der Waals surface area contributed by atoms with E-state index in [9.17, 15) is 10.1 Å². The van der Waals surface area contributed by atoms with Crippen molar-refractivity contribution in [3.63, 3.8) is 0 Å². The molecule has 0 saturated carbocycles. The SMILES string of the molecule is O=[N+]([O-])c1ccc(C2OC2c2ccco2)cc1. The number of non-ortho nitro benzene ring substituents is 1. The number of benzene rings is 1. The molecule has 86 valence electrons. The topological polar surface area (TPSA) is 68.8 Å². The van der Waals surface area contributed by atoms with Gasteiger partial charge in [-0.3, -0.25) is 10.1 Å². The fourth-order valence-corrected chi connectivity index (χ4v) is 1.82. The Morgan fingerprint density at radius 2 is 1.88 bits per heavy atom. The Balaban J connectivity index is 1.77. The number of nitro benzene ring substituents is 1. The van der Waals surface area contributed by atoms with Gasteiger partial charge in [0.1, 0.15) is 18.0 Å². The fourth-order valence-electron chi connectivity index (χ4n) is 1.82. The molecule has 0 radical (unpaired) electrons. The molecule has 3 rings (SSSR count). The Kier molecular flexibility index (Phi) is 2.19. The molecule has 1 aliphatic heterocycles. The minimum absolute atomic E-state index is 0.0537. The summed E-state index contributed by atoms with van der Waals surface area (Å²) in [6.07, 6.45) is 1.48. The summed E-state index contributed by atoms with van der Waals surface area (Å²) in [6, 6.07) is 10.1. The summed E-state index contributed by atoms with van der Waals surface area (Å²) in [6.45, 7) is 0. The van der Waals surface area contributed by atoms with Gasteiger partial charge in [0, 0.05) is 12.1 Å². The fraction of sp³-hybridized carbons (Fsp3) is 0.167. The van der Waals surface area contributed by atoms with Crippen molar-refractivity contribution in [1.29, 1.82) is 0 Å². The maximum atomic E-state index is 10.5. The van der Waals surface area contributed by atoms with Crippen LogP contribution in [-0.4, -0.2) is 4.92 Å². The number of ether oxygens (including phenoxy) is 1. The summed E-state index contributed by atoms with van der Waals surface area (Å²) < 4.78 is 10.7. The van der Waals surface area contributed by atoms with Crippen LogP contribution < -0.4 is 0 Å². The van der Waals surface area contributed by atoms with Crippen molar-refractivity contribution < 1.29 is 14.1 Å². The lowest BCUT2D eigenvalue weighted by Crippen LogP contribution is -1.88. The van der Waals surface area contributed by atoms with Crippen molar-refractivity contribution in [1.82, 2.24) is 0 Å². The van der Waals surface area contributed by atoms with Crippen molar-refractivity contribution in [2.24, 2.45) is 0 Å². The zero-order valence-electron chi connectivity index (χ0n) is 8.78. The van der Waals surface area contributed by atoms with E-state index in [1.807, 2.05) is 12.1 Å². The molecule has 5 heteroatoms. The largest absolute Gasteiger partial charge is 0.466 e. The van der Waals surface area contributed by atoms with Crippen LogP contribution in [-0.2, 0) is 4.74 Å². The van der Waals surface area contributed by atoms with E-state index in [1.54, 1.807) is 18.4 Å².